The van der Waals surface area contributed by atoms with Gasteiger partial charge in [0, 0.05) is 25.0 Å². The van der Waals surface area contributed by atoms with Gasteiger partial charge in [-0.05, 0) is 25.5 Å². The molecule has 17 heavy (non-hydrogen) atoms. The lowest BCUT2D eigenvalue weighted by Gasteiger charge is -2.18. The van der Waals surface area contributed by atoms with Gasteiger partial charge >= 0.3 is 0 Å². The highest BCUT2D eigenvalue weighted by atomic mass is 35.5. The average Bonchev–Trinajstić information content (AvgIpc) is 2.25. The standard InChI is InChI=1S/C12H15ClFNO2/c1-8(13)5-6-15(2)12(17)10-4-3-9(14)7-11(10)16/h3-4,7-8,16H,5-6H2,1-2H3. The molecule has 1 aromatic carbocycles. The predicted molar refractivity (Wildman–Crippen MR) is 65.0 cm³/mol. The highest BCUT2D eigenvalue weighted by Gasteiger charge is 2.16. The van der Waals surface area contributed by atoms with Gasteiger partial charge in [0.1, 0.15) is 11.6 Å². The molecule has 0 aliphatic carbocycles. The Morgan fingerprint density at radius 1 is 1.59 bits per heavy atom. The molecule has 94 valence electrons. The molecular formula is C12H15ClFNO2. The molecule has 0 saturated carbocycles. The van der Waals surface area contributed by atoms with Gasteiger partial charge in [-0.1, -0.05) is 0 Å². The number of amides is 1. The van der Waals surface area contributed by atoms with E-state index in [-0.39, 0.29) is 22.6 Å². The maximum Gasteiger partial charge on any atom is 0.257 e. The first kappa shape index (κ1) is 13.8. The van der Waals surface area contributed by atoms with Gasteiger partial charge in [-0.2, -0.15) is 0 Å². The van der Waals surface area contributed by atoms with Crippen LogP contribution in [-0.4, -0.2) is 34.9 Å². The number of rotatable bonds is 4. The fraction of sp³-hybridized carbons (Fsp3) is 0.417. The Morgan fingerprint density at radius 3 is 2.76 bits per heavy atom. The summed E-state index contributed by atoms with van der Waals surface area (Å²) in [6, 6.07) is 3.34. The lowest BCUT2D eigenvalue weighted by Crippen LogP contribution is -2.28. The molecule has 0 aromatic heterocycles. The van der Waals surface area contributed by atoms with Crippen molar-refractivity contribution in [1.82, 2.24) is 4.90 Å². The normalized spacial score (nSPS) is 12.2. The van der Waals surface area contributed by atoms with Crippen molar-refractivity contribution in [2.75, 3.05) is 13.6 Å². The van der Waals surface area contributed by atoms with Gasteiger partial charge in [-0.15, -0.1) is 11.6 Å². The predicted octanol–water partition coefficient (Wildman–Crippen LogP) is 2.62. The molecule has 0 spiro atoms. The van der Waals surface area contributed by atoms with Crippen LogP contribution in [0.5, 0.6) is 5.75 Å². The van der Waals surface area contributed by atoms with Crippen LogP contribution in [-0.2, 0) is 0 Å². The second kappa shape index (κ2) is 5.87. The smallest absolute Gasteiger partial charge is 0.257 e. The summed E-state index contributed by atoms with van der Waals surface area (Å²) in [5.41, 5.74) is 0.0936. The number of phenols is 1. The zero-order chi connectivity index (χ0) is 13.0. The first-order chi connectivity index (χ1) is 7.91. The van der Waals surface area contributed by atoms with E-state index in [4.69, 9.17) is 11.6 Å². The molecule has 0 radical (unpaired) electrons. The first-order valence-electron chi connectivity index (χ1n) is 5.30. The molecule has 1 atom stereocenters. The SMILES string of the molecule is CC(Cl)CCN(C)C(=O)c1ccc(F)cc1O. The van der Waals surface area contributed by atoms with Crippen LogP contribution in [0.3, 0.4) is 0 Å². The zero-order valence-corrected chi connectivity index (χ0v) is 10.5. The summed E-state index contributed by atoms with van der Waals surface area (Å²) in [6.45, 7) is 2.33. The lowest BCUT2D eigenvalue weighted by molar-refractivity contribution is 0.0790. The van der Waals surface area contributed by atoms with E-state index in [1.807, 2.05) is 6.92 Å². The highest BCUT2D eigenvalue weighted by molar-refractivity contribution is 6.20. The Balaban J connectivity index is 2.75. The number of benzene rings is 1. The third-order valence-electron chi connectivity index (χ3n) is 2.40. The Morgan fingerprint density at radius 2 is 2.24 bits per heavy atom. The van der Waals surface area contributed by atoms with Gasteiger partial charge in [0.15, 0.2) is 0 Å². The van der Waals surface area contributed by atoms with Crippen molar-refractivity contribution in [3.8, 4) is 5.75 Å². The summed E-state index contributed by atoms with van der Waals surface area (Å²) in [6.07, 6.45) is 0.658. The number of aromatic hydroxyl groups is 1. The number of halogens is 2. The fourth-order valence-electron chi connectivity index (χ4n) is 1.36. The summed E-state index contributed by atoms with van der Waals surface area (Å²) in [4.78, 5) is 13.3. The number of hydrogen-bond donors (Lipinski definition) is 1. The maximum absolute atomic E-state index is 12.8. The van der Waals surface area contributed by atoms with Crippen LogP contribution in [0.25, 0.3) is 0 Å². The summed E-state index contributed by atoms with van der Waals surface area (Å²) in [5.74, 6) is -1.27. The summed E-state index contributed by atoms with van der Waals surface area (Å²) in [7, 11) is 1.62. The average molecular weight is 260 g/mol. The van der Waals surface area contributed by atoms with Gasteiger partial charge < -0.3 is 10.0 Å². The molecule has 1 N–H and O–H groups in total. The number of alkyl halides is 1. The Hall–Kier alpha value is -1.29. The van der Waals surface area contributed by atoms with Gasteiger partial charge in [-0.3, -0.25) is 4.79 Å². The van der Waals surface area contributed by atoms with Gasteiger partial charge in [-0.25, -0.2) is 4.39 Å². The van der Waals surface area contributed by atoms with Crippen LogP contribution in [0.1, 0.15) is 23.7 Å². The van der Waals surface area contributed by atoms with E-state index in [1.54, 1.807) is 7.05 Å². The van der Waals surface area contributed by atoms with Crippen molar-refractivity contribution in [1.29, 1.82) is 0 Å². The Kier molecular flexibility index (Phi) is 4.75. The summed E-state index contributed by atoms with van der Waals surface area (Å²) < 4.78 is 12.8. The van der Waals surface area contributed by atoms with Crippen LogP contribution < -0.4 is 0 Å². The largest absolute Gasteiger partial charge is 0.507 e. The third-order valence-corrected chi connectivity index (χ3v) is 2.62. The van der Waals surface area contributed by atoms with E-state index < -0.39 is 5.82 Å². The fourth-order valence-corrected chi connectivity index (χ4v) is 1.46. The molecule has 1 rings (SSSR count). The van der Waals surface area contributed by atoms with Gasteiger partial charge in [0.2, 0.25) is 0 Å². The molecular weight excluding hydrogens is 245 g/mol. The number of carbonyl (C=O) groups is 1. The minimum Gasteiger partial charge on any atom is -0.507 e. The quantitative estimate of drug-likeness (QED) is 0.845. The molecule has 0 aliphatic heterocycles. The topological polar surface area (TPSA) is 40.5 Å². The second-order valence-corrected chi connectivity index (χ2v) is 4.70. The van der Waals surface area contributed by atoms with E-state index in [2.05, 4.69) is 0 Å². The van der Waals surface area contributed by atoms with Crippen LogP contribution in [0.4, 0.5) is 4.39 Å². The number of nitrogens with zero attached hydrogens (tertiary/aromatic N) is 1. The van der Waals surface area contributed by atoms with Crippen molar-refractivity contribution < 1.29 is 14.3 Å². The van der Waals surface area contributed by atoms with Crippen molar-refractivity contribution >= 4 is 17.5 Å². The van der Waals surface area contributed by atoms with Crippen LogP contribution in [0.15, 0.2) is 18.2 Å². The Bertz CT molecular complexity index is 409. The van der Waals surface area contributed by atoms with Crippen molar-refractivity contribution in [2.45, 2.75) is 18.7 Å². The molecule has 0 saturated heterocycles. The monoisotopic (exact) mass is 259 g/mol. The van der Waals surface area contributed by atoms with Crippen LogP contribution in [0, 0.1) is 5.82 Å². The number of carbonyl (C=O) groups excluding carboxylic acids is 1. The number of phenolic OH excluding ortho intramolecular Hbond substituents is 1. The van der Waals surface area contributed by atoms with Crippen molar-refractivity contribution in [3.05, 3.63) is 29.6 Å². The van der Waals surface area contributed by atoms with Gasteiger partial charge in [0.25, 0.3) is 5.91 Å². The van der Waals surface area contributed by atoms with Gasteiger partial charge in [0.05, 0.1) is 5.56 Å². The van der Waals surface area contributed by atoms with E-state index in [1.165, 1.54) is 11.0 Å². The second-order valence-electron chi connectivity index (χ2n) is 3.96. The Labute approximate surface area is 105 Å². The molecule has 1 amide bonds. The molecule has 3 nitrogen and oxygen atoms in total. The van der Waals surface area contributed by atoms with Crippen LogP contribution >= 0.6 is 11.6 Å². The molecule has 0 bridgehead atoms. The minimum absolute atomic E-state index is 0.0212. The summed E-state index contributed by atoms with van der Waals surface area (Å²) >= 11 is 5.79. The maximum atomic E-state index is 12.8. The molecule has 1 aromatic rings. The summed E-state index contributed by atoms with van der Waals surface area (Å²) in [5, 5.41) is 9.45. The van der Waals surface area contributed by atoms with E-state index in [9.17, 15) is 14.3 Å². The van der Waals surface area contributed by atoms with Crippen molar-refractivity contribution in [3.63, 3.8) is 0 Å². The molecule has 0 heterocycles. The first-order valence-corrected chi connectivity index (χ1v) is 5.73. The third kappa shape index (κ3) is 3.89. The molecule has 1 unspecified atom stereocenters. The lowest BCUT2D eigenvalue weighted by atomic mass is 10.1. The minimum atomic E-state index is -0.573. The van der Waals surface area contributed by atoms with E-state index >= 15 is 0 Å². The highest BCUT2D eigenvalue weighted by Crippen LogP contribution is 2.19. The molecule has 0 fully saturated rings. The van der Waals surface area contributed by atoms with Crippen LogP contribution in [0.2, 0.25) is 0 Å². The molecule has 0 aliphatic rings. The van der Waals surface area contributed by atoms with E-state index in [0.29, 0.717) is 13.0 Å². The molecule has 5 heteroatoms. The van der Waals surface area contributed by atoms with E-state index in [0.717, 1.165) is 12.1 Å². The zero-order valence-electron chi connectivity index (χ0n) is 9.78. The van der Waals surface area contributed by atoms with Crippen molar-refractivity contribution in [2.24, 2.45) is 0 Å². The number of hydrogen-bond acceptors (Lipinski definition) is 2.